The van der Waals surface area contributed by atoms with Crippen LogP contribution in [-0.4, -0.2) is 28.8 Å². The first kappa shape index (κ1) is 17.2. The van der Waals surface area contributed by atoms with Crippen LogP contribution in [0, 0.1) is 11.8 Å². The SMILES string of the molecule is CC(C)CC(=O)N(C(=O)CC(C)C)C1CCCC(N)C1. The number of rotatable bonds is 5. The third kappa shape index (κ3) is 5.23. The van der Waals surface area contributed by atoms with Gasteiger partial charge in [-0.1, -0.05) is 27.7 Å². The molecule has 2 amide bonds. The molecule has 1 rings (SSSR count). The number of imide groups is 1. The third-order valence-corrected chi connectivity index (χ3v) is 3.76. The largest absolute Gasteiger partial charge is 0.328 e. The van der Waals surface area contributed by atoms with Crippen molar-refractivity contribution in [3.8, 4) is 0 Å². The summed E-state index contributed by atoms with van der Waals surface area (Å²) in [5.74, 6) is 0.498. The van der Waals surface area contributed by atoms with Gasteiger partial charge in [-0.05, 0) is 37.5 Å². The lowest BCUT2D eigenvalue weighted by Gasteiger charge is -2.36. The van der Waals surface area contributed by atoms with Gasteiger partial charge in [0.15, 0.2) is 0 Å². The van der Waals surface area contributed by atoms with E-state index < -0.39 is 0 Å². The second kappa shape index (κ2) is 7.77. The molecule has 0 radical (unpaired) electrons. The second-order valence-electron chi connectivity index (χ2n) is 6.93. The van der Waals surface area contributed by atoms with Gasteiger partial charge in [0, 0.05) is 24.9 Å². The standard InChI is InChI=1S/C16H30N2O2/c1-11(2)8-15(19)18(16(20)9-12(3)4)14-7-5-6-13(17)10-14/h11-14H,5-10,17H2,1-4H3. The number of nitrogens with two attached hydrogens (primary N) is 1. The van der Waals surface area contributed by atoms with Crippen LogP contribution in [-0.2, 0) is 9.59 Å². The highest BCUT2D eigenvalue weighted by molar-refractivity contribution is 5.95. The van der Waals surface area contributed by atoms with Gasteiger partial charge < -0.3 is 5.73 Å². The normalized spacial score (nSPS) is 23.1. The van der Waals surface area contributed by atoms with Crippen molar-refractivity contribution < 1.29 is 9.59 Å². The summed E-state index contributed by atoms with van der Waals surface area (Å²) in [6, 6.07) is 0.131. The average Bonchev–Trinajstić information content (AvgIpc) is 2.26. The minimum Gasteiger partial charge on any atom is -0.328 e. The molecule has 116 valence electrons. The lowest BCUT2D eigenvalue weighted by molar-refractivity contribution is -0.149. The van der Waals surface area contributed by atoms with E-state index >= 15 is 0 Å². The molecule has 2 N–H and O–H groups in total. The number of hydrogen-bond donors (Lipinski definition) is 1. The first-order chi connectivity index (χ1) is 9.31. The van der Waals surface area contributed by atoms with E-state index in [1.54, 1.807) is 4.90 Å². The fourth-order valence-corrected chi connectivity index (χ4v) is 2.88. The van der Waals surface area contributed by atoms with Crippen molar-refractivity contribution in [2.75, 3.05) is 0 Å². The van der Waals surface area contributed by atoms with E-state index in [2.05, 4.69) is 0 Å². The number of hydrogen-bond acceptors (Lipinski definition) is 3. The van der Waals surface area contributed by atoms with Gasteiger partial charge in [0.1, 0.15) is 0 Å². The zero-order chi connectivity index (χ0) is 15.3. The molecule has 1 fully saturated rings. The Hall–Kier alpha value is -0.900. The van der Waals surface area contributed by atoms with Crippen LogP contribution >= 0.6 is 0 Å². The fraction of sp³-hybridized carbons (Fsp3) is 0.875. The highest BCUT2D eigenvalue weighted by atomic mass is 16.2. The van der Waals surface area contributed by atoms with Crippen LogP contribution in [0.25, 0.3) is 0 Å². The highest BCUT2D eigenvalue weighted by Crippen LogP contribution is 2.24. The van der Waals surface area contributed by atoms with Gasteiger partial charge in [-0.2, -0.15) is 0 Å². The van der Waals surface area contributed by atoms with Crippen LogP contribution in [0.15, 0.2) is 0 Å². The molecule has 0 aromatic heterocycles. The van der Waals surface area contributed by atoms with E-state index in [1.807, 2.05) is 27.7 Å². The summed E-state index contributed by atoms with van der Waals surface area (Å²) in [5.41, 5.74) is 6.02. The number of amides is 2. The molecule has 0 spiro atoms. The van der Waals surface area contributed by atoms with Crippen molar-refractivity contribution in [2.45, 2.75) is 78.3 Å². The number of carbonyl (C=O) groups excluding carboxylic acids is 2. The summed E-state index contributed by atoms with van der Waals surface area (Å²) in [4.78, 5) is 26.4. The van der Waals surface area contributed by atoms with Crippen molar-refractivity contribution in [1.29, 1.82) is 0 Å². The maximum absolute atomic E-state index is 12.4. The third-order valence-electron chi connectivity index (χ3n) is 3.76. The molecule has 20 heavy (non-hydrogen) atoms. The van der Waals surface area contributed by atoms with Gasteiger partial charge in [-0.3, -0.25) is 14.5 Å². The topological polar surface area (TPSA) is 63.4 Å². The van der Waals surface area contributed by atoms with Crippen LogP contribution in [0.5, 0.6) is 0 Å². The van der Waals surface area contributed by atoms with E-state index in [0.29, 0.717) is 12.8 Å². The summed E-state index contributed by atoms with van der Waals surface area (Å²) in [5, 5.41) is 0. The quantitative estimate of drug-likeness (QED) is 0.843. The Morgan fingerprint density at radius 2 is 1.55 bits per heavy atom. The van der Waals surface area contributed by atoms with Crippen LogP contribution in [0.3, 0.4) is 0 Å². The number of carbonyl (C=O) groups is 2. The minimum atomic E-state index is -0.0234. The Balaban J connectivity index is 2.82. The molecule has 0 aromatic rings. The van der Waals surface area contributed by atoms with Crippen molar-refractivity contribution in [2.24, 2.45) is 17.6 Å². The molecule has 0 aromatic carbocycles. The molecule has 1 aliphatic carbocycles. The summed E-state index contributed by atoms with van der Waals surface area (Å²) in [7, 11) is 0. The van der Waals surface area contributed by atoms with Crippen molar-refractivity contribution in [1.82, 2.24) is 4.90 Å². The minimum absolute atomic E-state index is 0.0104. The van der Waals surface area contributed by atoms with E-state index in [1.165, 1.54) is 0 Å². The van der Waals surface area contributed by atoms with Gasteiger partial charge in [0.25, 0.3) is 0 Å². The molecule has 0 heterocycles. The van der Waals surface area contributed by atoms with Crippen LogP contribution in [0.4, 0.5) is 0 Å². The van der Waals surface area contributed by atoms with E-state index in [9.17, 15) is 9.59 Å². The van der Waals surface area contributed by atoms with E-state index in [4.69, 9.17) is 5.73 Å². The summed E-state index contributed by atoms with van der Waals surface area (Å²) >= 11 is 0. The van der Waals surface area contributed by atoms with Gasteiger partial charge in [0.05, 0.1) is 0 Å². The molecule has 2 atom stereocenters. The predicted octanol–water partition coefficient (Wildman–Crippen LogP) is 2.70. The number of nitrogens with zero attached hydrogens (tertiary/aromatic N) is 1. The van der Waals surface area contributed by atoms with Crippen LogP contribution in [0.2, 0.25) is 0 Å². The molecule has 4 nitrogen and oxygen atoms in total. The molecular weight excluding hydrogens is 252 g/mol. The Labute approximate surface area is 123 Å². The van der Waals surface area contributed by atoms with E-state index in [0.717, 1.165) is 25.7 Å². The molecule has 1 aliphatic rings. The zero-order valence-corrected chi connectivity index (χ0v) is 13.4. The maximum atomic E-state index is 12.4. The Morgan fingerprint density at radius 1 is 1.05 bits per heavy atom. The fourth-order valence-electron chi connectivity index (χ4n) is 2.88. The molecule has 4 heteroatoms. The lowest BCUT2D eigenvalue weighted by Crippen LogP contribution is -2.49. The molecule has 0 bridgehead atoms. The smallest absolute Gasteiger partial charge is 0.229 e. The molecule has 1 saturated carbocycles. The van der Waals surface area contributed by atoms with Crippen molar-refractivity contribution in [3.63, 3.8) is 0 Å². The lowest BCUT2D eigenvalue weighted by atomic mass is 9.89. The van der Waals surface area contributed by atoms with E-state index in [-0.39, 0.29) is 35.7 Å². The monoisotopic (exact) mass is 282 g/mol. The molecular formula is C16H30N2O2. The van der Waals surface area contributed by atoms with Gasteiger partial charge in [-0.25, -0.2) is 0 Å². The Kier molecular flexibility index (Phi) is 6.66. The van der Waals surface area contributed by atoms with Crippen molar-refractivity contribution in [3.05, 3.63) is 0 Å². The van der Waals surface area contributed by atoms with Crippen LogP contribution < -0.4 is 5.73 Å². The summed E-state index contributed by atoms with van der Waals surface area (Å²) in [6.07, 6.45) is 4.55. The molecule has 0 saturated heterocycles. The maximum Gasteiger partial charge on any atom is 0.229 e. The second-order valence-corrected chi connectivity index (χ2v) is 6.93. The molecule has 2 unspecified atom stereocenters. The average molecular weight is 282 g/mol. The first-order valence-electron chi connectivity index (χ1n) is 7.91. The zero-order valence-electron chi connectivity index (χ0n) is 13.4. The van der Waals surface area contributed by atoms with Crippen LogP contribution in [0.1, 0.15) is 66.2 Å². The van der Waals surface area contributed by atoms with Crippen molar-refractivity contribution >= 4 is 11.8 Å². The summed E-state index contributed by atoms with van der Waals surface area (Å²) < 4.78 is 0. The van der Waals surface area contributed by atoms with Gasteiger partial charge in [0.2, 0.25) is 11.8 Å². The Morgan fingerprint density at radius 3 is 1.95 bits per heavy atom. The van der Waals surface area contributed by atoms with Gasteiger partial charge in [-0.15, -0.1) is 0 Å². The highest BCUT2D eigenvalue weighted by Gasteiger charge is 2.32. The summed E-state index contributed by atoms with van der Waals surface area (Å²) in [6.45, 7) is 8.04. The Bertz CT molecular complexity index is 317. The first-order valence-corrected chi connectivity index (χ1v) is 7.91. The van der Waals surface area contributed by atoms with Gasteiger partial charge >= 0.3 is 0 Å². The predicted molar refractivity (Wildman–Crippen MR) is 81.0 cm³/mol. The molecule has 0 aliphatic heterocycles.